The lowest BCUT2D eigenvalue weighted by Crippen LogP contribution is -2.38. The number of rotatable bonds is 4. The molecule has 1 N–H and O–H groups in total. The Balaban J connectivity index is 1.98. The molecule has 0 spiro atoms. The zero-order chi connectivity index (χ0) is 16.3. The highest BCUT2D eigenvalue weighted by Crippen LogP contribution is 2.19. The Hall–Kier alpha value is -2.30. The van der Waals surface area contributed by atoms with Crippen molar-refractivity contribution in [3.05, 3.63) is 52.4 Å². The second kappa shape index (κ2) is 6.64. The van der Waals surface area contributed by atoms with E-state index in [0.717, 1.165) is 22.6 Å². The number of hydrogen-bond acceptors (Lipinski definition) is 3. The van der Waals surface area contributed by atoms with Gasteiger partial charge >= 0.3 is 6.03 Å². The van der Waals surface area contributed by atoms with Crippen LogP contribution in [0.5, 0.6) is 0 Å². The van der Waals surface area contributed by atoms with Crippen LogP contribution in [-0.2, 0) is 6.54 Å². The summed E-state index contributed by atoms with van der Waals surface area (Å²) in [5.74, 6) is 0.743. The van der Waals surface area contributed by atoms with Crippen molar-refractivity contribution in [2.45, 2.75) is 40.3 Å². The van der Waals surface area contributed by atoms with E-state index in [0.29, 0.717) is 6.54 Å². The second-order valence-corrected chi connectivity index (χ2v) is 5.66. The first-order chi connectivity index (χ1) is 10.4. The van der Waals surface area contributed by atoms with Crippen LogP contribution in [0.2, 0.25) is 0 Å². The van der Waals surface area contributed by atoms with Gasteiger partial charge in [-0.25, -0.2) is 4.79 Å². The molecule has 0 saturated carbocycles. The molecule has 1 unspecified atom stereocenters. The summed E-state index contributed by atoms with van der Waals surface area (Å²) in [6, 6.07) is 8.11. The van der Waals surface area contributed by atoms with Crippen molar-refractivity contribution < 1.29 is 9.32 Å². The summed E-state index contributed by atoms with van der Waals surface area (Å²) in [6.07, 6.45) is 0. The molecule has 0 fully saturated rings. The average molecular weight is 301 g/mol. The van der Waals surface area contributed by atoms with Crippen LogP contribution in [0.1, 0.15) is 41.1 Å². The molecule has 2 aromatic rings. The predicted molar refractivity (Wildman–Crippen MR) is 85.6 cm³/mol. The first-order valence-electron chi connectivity index (χ1n) is 7.39. The summed E-state index contributed by atoms with van der Waals surface area (Å²) in [5.41, 5.74) is 4.07. The largest absolute Gasteiger partial charge is 0.361 e. The molecular weight excluding hydrogens is 278 g/mol. The number of benzene rings is 1. The highest BCUT2D eigenvalue weighted by atomic mass is 16.5. The highest BCUT2D eigenvalue weighted by molar-refractivity contribution is 5.74. The van der Waals surface area contributed by atoms with E-state index in [2.05, 4.69) is 41.7 Å². The number of nitrogens with one attached hydrogen (secondary N) is 1. The lowest BCUT2D eigenvalue weighted by atomic mass is 10.1. The summed E-state index contributed by atoms with van der Waals surface area (Å²) in [7, 11) is 1.80. The summed E-state index contributed by atoms with van der Waals surface area (Å²) in [5, 5.41) is 6.81. The van der Waals surface area contributed by atoms with Crippen molar-refractivity contribution in [1.29, 1.82) is 0 Å². The topological polar surface area (TPSA) is 58.4 Å². The van der Waals surface area contributed by atoms with E-state index in [1.165, 1.54) is 5.56 Å². The first-order valence-corrected chi connectivity index (χ1v) is 7.39. The normalized spacial score (nSPS) is 12.0. The Morgan fingerprint density at radius 3 is 2.45 bits per heavy atom. The number of carbonyl (C=O) groups is 1. The molecule has 1 atom stereocenters. The van der Waals surface area contributed by atoms with Gasteiger partial charge in [0, 0.05) is 19.2 Å². The minimum Gasteiger partial charge on any atom is -0.361 e. The van der Waals surface area contributed by atoms with Gasteiger partial charge < -0.3 is 14.7 Å². The molecule has 2 rings (SSSR count). The lowest BCUT2D eigenvalue weighted by molar-refractivity contribution is 0.194. The minimum atomic E-state index is -0.118. The molecule has 5 heteroatoms. The number of amides is 2. The van der Waals surface area contributed by atoms with Crippen molar-refractivity contribution in [1.82, 2.24) is 15.4 Å². The second-order valence-electron chi connectivity index (χ2n) is 5.66. The molecule has 118 valence electrons. The Morgan fingerprint density at radius 1 is 1.27 bits per heavy atom. The van der Waals surface area contributed by atoms with Crippen LogP contribution in [0.4, 0.5) is 4.79 Å². The summed E-state index contributed by atoms with van der Waals surface area (Å²) in [4.78, 5) is 14.0. The van der Waals surface area contributed by atoms with Gasteiger partial charge in [-0.05, 0) is 33.3 Å². The fourth-order valence-corrected chi connectivity index (χ4v) is 2.29. The number of nitrogens with zero attached hydrogens (tertiary/aromatic N) is 2. The number of urea groups is 1. The molecule has 1 aromatic heterocycles. The third kappa shape index (κ3) is 3.47. The lowest BCUT2D eigenvalue weighted by Gasteiger charge is -2.25. The molecule has 0 aliphatic carbocycles. The van der Waals surface area contributed by atoms with Crippen molar-refractivity contribution >= 4 is 6.03 Å². The molecule has 0 radical (unpaired) electrons. The van der Waals surface area contributed by atoms with Gasteiger partial charge in [0.05, 0.1) is 11.7 Å². The van der Waals surface area contributed by atoms with E-state index >= 15 is 0 Å². The molecule has 0 aliphatic rings. The summed E-state index contributed by atoms with van der Waals surface area (Å²) < 4.78 is 5.10. The van der Waals surface area contributed by atoms with E-state index in [1.54, 1.807) is 11.9 Å². The summed E-state index contributed by atoms with van der Waals surface area (Å²) in [6.45, 7) is 8.20. The van der Waals surface area contributed by atoms with E-state index in [-0.39, 0.29) is 12.1 Å². The van der Waals surface area contributed by atoms with Crippen molar-refractivity contribution in [3.8, 4) is 0 Å². The Kier molecular flexibility index (Phi) is 4.85. The zero-order valence-corrected chi connectivity index (χ0v) is 13.8. The molecule has 0 saturated heterocycles. The third-order valence-electron chi connectivity index (χ3n) is 4.06. The third-order valence-corrected chi connectivity index (χ3v) is 4.06. The van der Waals surface area contributed by atoms with Gasteiger partial charge in [-0.3, -0.25) is 0 Å². The molecule has 0 bridgehead atoms. The van der Waals surface area contributed by atoms with Crippen LogP contribution >= 0.6 is 0 Å². The Bertz CT molecular complexity index is 627. The molecular formula is C17H23N3O2. The van der Waals surface area contributed by atoms with Gasteiger partial charge in [-0.15, -0.1) is 0 Å². The predicted octanol–water partition coefficient (Wildman–Crippen LogP) is 3.50. The van der Waals surface area contributed by atoms with E-state index in [9.17, 15) is 4.79 Å². The van der Waals surface area contributed by atoms with Gasteiger partial charge in [-0.2, -0.15) is 0 Å². The van der Waals surface area contributed by atoms with E-state index < -0.39 is 0 Å². The average Bonchev–Trinajstić information content (AvgIpc) is 2.83. The van der Waals surface area contributed by atoms with Crippen LogP contribution in [-0.4, -0.2) is 23.1 Å². The van der Waals surface area contributed by atoms with Gasteiger partial charge in [0.2, 0.25) is 0 Å². The zero-order valence-electron chi connectivity index (χ0n) is 13.8. The summed E-state index contributed by atoms with van der Waals surface area (Å²) >= 11 is 0. The van der Waals surface area contributed by atoms with Gasteiger partial charge in [0.25, 0.3) is 0 Å². The van der Waals surface area contributed by atoms with Crippen molar-refractivity contribution in [2.75, 3.05) is 7.05 Å². The SMILES string of the molecule is Cc1ccc(C(C)N(C)C(=O)NCc2c(C)noc2C)cc1. The Labute approximate surface area is 131 Å². The smallest absolute Gasteiger partial charge is 0.317 e. The number of aromatic nitrogens is 1. The van der Waals surface area contributed by atoms with Crippen molar-refractivity contribution in [3.63, 3.8) is 0 Å². The fourth-order valence-electron chi connectivity index (χ4n) is 2.29. The van der Waals surface area contributed by atoms with Gasteiger partial charge in [0.15, 0.2) is 0 Å². The molecule has 0 aliphatic heterocycles. The van der Waals surface area contributed by atoms with Crippen LogP contribution in [0.15, 0.2) is 28.8 Å². The molecule has 2 amide bonds. The molecule has 5 nitrogen and oxygen atoms in total. The maximum atomic E-state index is 12.3. The maximum absolute atomic E-state index is 12.3. The molecule has 1 heterocycles. The molecule has 22 heavy (non-hydrogen) atoms. The number of hydrogen-bond donors (Lipinski definition) is 1. The number of carbonyl (C=O) groups excluding carboxylic acids is 1. The van der Waals surface area contributed by atoms with Gasteiger partial charge in [-0.1, -0.05) is 35.0 Å². The monoisotopic (exact) mass is 301 g/mol. The highest BCUT2D eigenvalue weighted by Gasteiger charge is 2.18. The fraction of sp³-hybridized carbons (Fsp3) is 0.412. The Morgan fingerprint density at radius 2 is 1.91 bits per heavy atom. The van der Waals surface area contributed by atoms with E-state index in [1.807, 2.05) is 20.8 Å². The minimum absolute atomic E-state index is 0.00488. The number of aryl methyl sites for hydroxylation is 3. The van der Waals surface area contributed by atoms with Crippen LogP contribution in [0.25, 0.3) is 0 Å². The van der Waals surface area contributed by atoms with Crippen LogP contribution in [0.3, 0.4) is 0 Å². The van der Waals surface area contributed by atoms with E-state index in [4.69, 9.17) is 4.52 Å². The standard InChI is InChI=1S/C17H23N3O2/c1-11-6-8-15(9-7-11)13(3)20(5)17(21)18-10-16-12(2)19-22-14(16)4/h6-9,13H,10H2,1-5H3,(H,18,21). The van der Waals surface area contributed by atoms with Crippen LogP contribution in [0, 0.1) is 20.8 Å². The van der Waals surface area contributed by atoms with Crippen molar-refractivity contribution in [2.24, 2.45) is 0 Å². The van der Waals surface area contributed by atoms with Crippen LogP contribution < -0.4 is 5.32 Å². The quantitative estimate of drug-likeness (QED) is 0.940. The molecule has 1 aromatic carbocycles. The van der Waals surface area contributed by atoms with Gasteiger partial charge in [0.1, 0.15) is 5.76 Å². The maximum Gasteiger partial charge on any atom is 0.317 e. The first kappa shape index (κ1) is 16.1.